The van der Waals surface area contributed by atoms with Gasteiger partial charge in [0.15, 0.2) is 18.1 Å². The molecule has 0 fully saturated rings. The number of ether oxygens (including phenoxy) is 1. The van der Waals surface area contributed by atoms with Crippen LogP contribution in [0.5, 0.6) is 0 Å². The molecule has 154 valence electrons. The van der Waals surface area contributed by atoms with E-state index >= 15 is 0 Å². The van der Waals surface area contributed by atoms with Crippen LogP contribution in [0.15, 0.2) is 72.8 Å². The van der Waals surface area contributed by atoms with Gasteiger partial charge in [0.1, 0.15) is 0 Å². The van der Waals surface area contributed by atoms with E-state index in [1.807, 2.05) is 66.7 Å². The number of aromatic nitrogens is 4. The van der Waals surface area contributed by atoms with E-state index in [1.165, 1.54) is 4.68 Å². The quantitative estimate of drug-likeness (QED) is 0.385. The van der Waals surface area contributed by atoms with Crippen molar-refractivity contribution in [2.45, 2.75) is 6.92 Å². The highest BCUT2D eigenvalue weighted by Crippen LogP contribution is 2.19. The van der Waals surface area contributed by atoms with Crippen LogP contribution in [0.2, 0.25) is 0 Å². The van der Waals surface area contributed by atoms with E-state index in [4.69, 9.17) is 4.74 Å². The monoisotopic (exact) mass is 413 g/mol. The molecule has 0 spiro atoms. The van der Waals surface area contributed by atoms with Crippen molar-refractivity contribution in [3.63, 3.8) is 0 Å². The number of carbonyl (C=O) groups excluding carboxylic acids is 2. The zero-order chi connectivity index (χ0) is 21.6. The Bertz CT molecular complexity index is 1260. The van der Waals surface area contributed by atoms with Crippen molar-refractivity contribution in [3.8, 4) is 0 Å². The van der Waals surface area contributed by atoms with Crippen LogP contribution in [0.3, 0.4) is 0 Å². The first-order valence-corrected chi connectivity index (χ1v) is 9.58. The number of hydrogen-bond acceptors (Lipinski definition) is 6. The second-order valence-corrected chi connectivity index (χ2v) is 6.76. The molecule has 8 heteroatoms. The lowest BCUT2D eigenvalue weighted by Gasteiger charge is -2.10. The summed E-state index contributed by atoms with van der Waals surface area (Å²) in [6.45, 7) is 1.22. The van der Waals surface area contributed by atoms with Crippen molar-refractivity contribution in [3.05, 3.63) is 84.2 Å². The molecule has 0 unspecified atom stereocenters. The summed E-state index contributed by atoms with van der Waals surface area (Å²) >= 11 is 0. The van der Waals surface area contributed by atoms with E-state index < -0.39 is 18.5 Å². The minimum absolute atomic E-state index is 0.104. The summed E-state index contributed by atoms with van der Waals surface area (Å²) in [7, 11) is 0. The maximum atomic E-state index is 12.7. The fraction of sp³-hybridized carbons (Fsp3) is 0.0870. The van der Waals surface area contributed by atoms with E-state index in [9.17, 15) is 9.59 Å². The van der Waals surface area contributed by atoms with Gasteiger partial charge in [-0.2, -0.15) is 4.68 Å². The van der Waals surface area contributed by atoms with Crippen LogP contribution in [-0.4, -0.2) is 38.7 Å². The van der Waals surface area contributed by atoms with Gasteiger partial charge in [0.2, 0.25) is 0 Å². The molecule has 4 rings (SSSR count). The molecule has 0 aliphatic rings. The number of nitrogens with zero attached hydrogens (tertiary/aromatic N) is 4. The summed E-state index contributed by atoms with van der Waals surface area (Å²) in [5, 5.41) is 16.0. The molecule has 0 saturated heterocycles. The van der Waals surface area contributed by atoms with Gasteiger partial charge in [-0.05, 0) is 51.9 Å². The molecule has 0 atom stereocenters. The molecule has 0 aliphatic heterocycles. The second kappa shape index (κ2) is 9.00. The highest BCUT2D eigenvalue weighted by Gasteiger charge is 2.19. The lowest BCUT2D eigenvalue weighted by molar-refractivity contribution is -0.141. The zero-order valence-electron chi connectivity index (χ0n) is 16.7. The number of tetrazole rings is 1. The number of esters is 1. The van der Waals surface area contributed by atoms with Gasteiger partial charge in [0, 0.05) is 5.69 Å². The molecule has 3 aromatic carbocycles. The van der Waals surface area contributed by atoms with E-state index in [1.54, 1.807) is 19.1 Å². The first kappa shape index (κ1) is 20.0. The lowest BCUT2D eigenvalue weighted by atomic mass is 10.1. The number of amides is 1. The standard InChI is InChI=1S/C23H19N5O3/c1-16-25-26-27-28(16)21(13-17-7-3-2-4-8-17)23(30)31-15-22(29)24-20-12-11-18-9-5-6-10-19(18)14-20/h2-14H,15H2,1H3,(H,24,29)/b21-13-. The SMILES string of the molecule is Cc1nnnn1/C(=C\c1ccccc1)C(=O)OCC(=O)Nc1ccc2ccccc2c1. The first-order valence-electron chi connectivity index (χ1n) is 9.58. The third kappa shape index (κ3) is 4.81. The zero-order valence-corrected chi connectivity index (χ0v) is 16.7. The molecule has 4 aromatic rings. The Hall–Kier alpha value is -4.33. The van der Waals surface area contributed by atoms with Crippen molar-refractivity contribution in [1.82, 2.24) is 20.2 Å². The van der Waals surface area contributed by atoms with Crippen LogP contribution < -0.4 is 5.32 Å². The van der Waals surface area contributed by atoms with Gasteiger partial charge in [0.25, 0.3) is 5.91 Å². The summed E-state index contributed by atoms with van der Waals surface area (Å²) < 4.78 is 6.52. The van der Waals surface area contributed by atoms with Gasteiger partial charge in [-0.1, -0.05) is 60.7 Å². The number of fused-ring (bicyclic) bond motifs is 1. The van der Waals surface area contributed by atoms with Crippen LogP contribution in [0.1, 0.15) is 11.4 Å². The summed E-state index contributed by atoms with van der Waals surface area (Å²) in [5.74, 6) is -0.746. The van der Waals surface area contributed by atoms with Gasteiger partial charge in [0.05, 0.1) is 0 Å². The number of rotatable bonds is 6. The molecule has 0 radical (unpaired) electrons. The molecule has 0 aliphatic carbocycles. The number of aryl methyl sites for hydroxylation is 1. The van der Waals surface area contributed by atoms with Gasteiger partial charge in [-0.15, -0.1) is 5.10 Å². The molecule has 0 saturated carbocycles. The normalized spacial score (nSPS) is 11.3. The fourth-order valence-corrected chi connectivity index (χ4v) is 3.04. The van der Waals surface area contributed by atoms with Crippen LogP contribution >= 0.6 is 0 Å². The van der Waals surface area contributed by atoms with Gasteiger partial charge in [-0.25, -0.2) is 4.79 Å². The Balaban J connectivity index is 1.46. The van der Waals surface area contributed by atoms with Crippen molar-refractivity contribution in [2.75, 3.05) is 11.9 Å². The second-order valence-electron chi connectivity index (χ2n) is 6.76. The fourth-order valence-electron chi connectivity index (χ4n) is 3.04. The third-order valence-corrected chi connectivity index (χ3v) is 4.53. The predicted octanol–water partition coefficient (Wildman–Crippen LogP) is 3.31. The molecule has 0 bridgehead atoms. The minimum atomic E-state index is -0.715. The van der Waals surface area contributed by atoms with Crippen LogP contribution in [0.4, 0.5) is 5.69 Å². The summed E-state index contributed by atoms with van der Waals surface area (Å²) in [6.07, 6.45) is 1.60. The predicted molar refractivity (Wildman–Crippen MR) is 117 cm³/mol. The Morgan fingerprint density at radius 2 is 1.74 bits per heavy atom. The minimum Gasteiger partial charge on any atom is -0.451 e. The maximum Gasteiger partial charge on any atom is 0.357 e. The smallest absolute Gasteiger partial charge is 0.357 e. The topological polar surface area (TPSA) is 99.0 Å². The molecule has 1 aromatic heterocycles. The average Bonchev–Trinajstić information content (AvgIpc) is 3.22. The first-order chi connectivity index (χ1) is 15.1. The van der Waals surface area contributed by atoms with E-state index in [0.29, 0.717) is 11.5 Å². The summed E-state index contributed by atoms with van der Waals surface area (Å²) in [5.41, 5.74) is 1.49. The molecular formula is C23H19N5O3. The number of benzene rings is 3. The maximum absolute atomic E-state index is 12.7. The average molecular weight is 413 g/mol. The summed E-state index contributed by atoms with van der Waals surface area (Å²) in [6, 6.07) is 22.6. The number of hydrogen-bond donors (Lipinski definition) is 1. The van der Waals surface area contributed by atoms with E-state index in [0.717, 1.165) is 16.3 Å². The van der Waals surface area contributed by atoms with E-state index in [-0.39, 0.29) is 5.70 Å². The molecule has 1 N–H and O–H groups in total. The third-order valence-electron chi connectivity index (χ3n) is 4.53. The summed E-state index contributed by atoms with van der Waals surface area (Å²) in [4.78, 5) is 25.1. The highest BCUT2D eigenvalue weighted by molar-refractivity contribution is 6.15. The van der Waals surface area contributed by atoms with Crippen molar-refractivity contribution in [2.24, 2.45) is 0 Å². The Kier molecular flexibility index (Phi) is 5.79. The number of nitrogens with one attached hydrogen (secondary N) is 1. The Morgan fingerprint density at radius 1 is 1.00 bits per heavy atom. The number of carbonyl (C=O) groups is 2. The van der Waals surface area contributed by atoms with Crippen molar-refractivity contribution in [1.29, 1.82) is 0 Å². The molecule has 31 heavy (non-hydrogen) atoms. The molecule has 8 nitrogen and oxygen atoms in total. The molecule has 1 amide bonds. The van der Waals surface area contributed by atoms with Gasteiger partial charge < -0.3 is 10.1 Å². The lowest BCUT2D eigenvalue weighted by Crippen LogP contribution is -2.23. The Labute approximate surface area is 178 Å². The van der Waals surface area contributed by atoms with Gasteiger partial charge in [-0.3, -0.25) is 4.79 Å². The van der Waals surface area contributed by atoms with Crippen LogP contribution in [-0.2, 0) is 14.3 Å². The highest BCUT2D eigenvalue weighted by atomic mass is 16.5. The number of anilines is 1. The molecule has 1 heterocycles. The van der Waals surface area contributed by atoms with Crippen LogP contribution in [0, 0.1) is 6.92 Å². The largest absolute Gasteiger partial charge is 0.451 e. The van der Waals surface area contributed by atoms with E-state index in [2.05, 4.69) is 20.8 Å². The van der Waals surface area contributed by atoms with Crippen molar-refractivity contribution < 1.29 is 14.3 Å². The molecular weight excluding hydrogens is 394 g/mol. The van der Waals surface area contributed by atoms with Gasteiger partial charge >= 0.3 is 5.97 Å². The Morgan fingerprint density at radius 3 is 2.48 bits per heavy atom. The van der Waals surface area contributed by atoms with Crippen LogP contribution in [0.25, 0.3) is 22.5 Å². The van der Waals surface area contributed by atoms with Crippen molar-refractivity contribution >= 4 is 40.1 Å².